The van der Waals surface area contributed by atoms with E-state index in [9.17, 15) is 20.0 Å². The summed E-state index contributed by atoms with van der Waals surface area (Å²) in [4.78, 5) is 23.9. The van der Waals surface area contributed by atoms with Crippen molar-refractivity contribution in [3.05, 3.63) is 131 Å². The number of carboxylic acid groups (broad SMARTS) is 1. The third-order valence-corrected chi connectivity index (χ3v) is 5.40. The number of hydrogen-bond acceptors (Lipinski definition) is 4. The van der Waals surface area contributed by atoms with E-state index in [-0.39, 0.29) is 12.3 Å². The maximum atomic E-state index is 12.3. The van der Waals surface area contributed by atoms with Crippen LogP contribution < -0.4 is 10.1 Å². The first-order chi connectivity index (χ1) is 17.5. The zero-order valence-corrected chi connectivity index (χ0v) is 19.2. The van der Waals surface area contributed by atoms with Crippen molar-refractivity contribution in [2.75, 3.05) is 0 Å². The Morgan fingerprint density at radius 1 is 0.889 bits per heavy atom. The van der Waals surface area contributed by atoms with E-state index in [4.69, 9.17) is 4.74 Å². The average Bonchev–Trinajstić information content (AvgIpc) is 2.93. The Labute approximate surface area is 208 Å². The smallest absolute Gasteiger partial charge is 0.352 e. The van der Waals surface area contributed by atoms with Gasteiger partial charge in [0.05, 0.1) is 11.6 Å². The largest absolute Gasteiger partial charge is 0.489 e. The fraction of sp³-hybridized carbons (Fsp3) is 0.0333. The Morgan fingerprint density at radius 2 is 1.56 bits per heavy atom. The van der Waals surface area contributed by atoms with Crippen LogP contribution in [0, 0.1) is 11.3 Å². The molecule has 176 valence electrons. The Kier molecular flexibility index (Phi) is 7.54. The fourth-order valence-electron chi connectivity index (χ4n) is 3.57. The quantitative estimate of drug-likeness (QED) is 0.321. The van der Waals surface area contributed by atoms with Crippen LogP contribution in [-0.4, -0.2) is 17.0 Å². The number of amides is 1. The molecule has 0 aliphatic rings. The van der Waals surface area contributed by atoms with E-state index >= 15 is 0 Å². The first-order valence-electron chi connectivity index (χ1n) is 11.2. The van der Waals surface area contributed by atoms with Crippen LogP contribution in [0.5, 0.6) is 5.75 Å². The van der Waals surface area contributed by atoms with Crippen molar-refractivity contribution in [3.8, 4) is 22.9 Å². The van der Waals surface area contributed by atoms with Gasteiger partial charge >= 0.3 is 5.97 Å². The first-order valence-corrected chi connectivity index (χ1v) is 11.2. The van der Waals surface area contributed by atoms with Crippen molar-refractivity contribution in [1.29, 1.82) is 5.26 Å². The normalized spacial score (nSPS) is 10.8. The maximum Gasteiger partial charge on any atom is 0.352 e. The highest BCUT2D eigenvalue weighted by molar-refractivity contribution is 6.02. The molecule has 0 bridgehead atoms. The minimum Gasteiger partial charge on any atom is -0.489 e. The van der Waals surface area contributed by atoms with Crippen LogP contribution in [0.1, 0.15) is 27.0 Å². The predicted molar refractivity (Wildman–Crippen MR) is 137 cm³/mol. The highest BCUT2D eigenvalue weighted by atomic mass is 16.5. The van der Waals surface area contributed by atoms with Crippen molar-refractivity contribution in [1.82, 2.24) is 5.32 Å². The highest BCUT2D eigenvalue weighted by Gasteiger charge is 2.13. The minimum atomic E-state index is -1.24. The Hall–Kier alpha value is -5.15. The number of rotatable bonds is 8. The SMILES string of the molecule is N#Cc1cc(COc2ccc(C=C(NC(=O)c3ccccc3)C(=O)O)cc2)ccc1-c1ccccc1. The molecule has 0 aliphatic carbocycles. The van der Waals surface area contributed by atoms with Crippen LogP contribution in [0.3, 0.4) is 0 Å². The number of nitriles is 1. The van der Waals surface area contributed by atoms with E-state index < -0.39 is 11.9 Å². The number of carbonyl (C=O) groups is 2. The molecule has 0 saturated carbocycles. The number of aliphatic carboxylic acids is 1. The lowest BCUT2D eigenvalue weighted by Crippen LogP contribution is -2.27. The molecule has 0 spiro atoms. The number of nitrogens with zero attached hydrogens (tertiary/aromatic N) is 1. The van der Waals surface area contributed by atoms with Gasteiger partial charge in [-0.25, -0.2) is 4.79 Å². The molecule has 4 rings (SSSR count). The van der Waals surface area contributed by atoms with E-state index in [1.54, 1.807) is 54.6 Å². The number of carbonyl (C=O) groups excluding carboxylic acids is 1. The van der Waals surface area contributed by atoms with Crippen LogP contribution >= 0.6 is 0 Å². The summed E-state index contributed by atoms with van der Waals surface area (Å²) < 4.78 is 5.85. The molecule has 0 unspecified atom stereocenters. The van der Waals surface area contributed by atoms with Crippen molar-refractivity contribution in [3.63, 3.8) is 0 Å². The summed E-state index contributed by atoms with van der Waals surface area (Å²) >= 11 is 0. The molecule has 4 aromatic carbocycles. The lowest BCUT2D eigenvalue weighted by Gasteiger charge is -2.10. The standard InChI is InChI=1S/C30H22N2O4/c31-19-25-17-22(13-16-27(25)23-7-3-1-4-8-23)20-36-26-14-11-21(12-15-26)18-28(30(34)35)32-29(33)24-9-5-2-6-10-24/h1-18H,20H2,(H,32,33)(H,34,35). The fourth-order valence-corrected chi connectivity index (χ4v) is 3.57. The Morgan fingerprint density at radius 3 is 2.19 bits per heavy atom. The average molecular weight is 475 g/mol. The molecule has 0 saturated heterocycles. The van der Waals surface area contributed by atoms with Gasteiger partial charge in [0.1, 0.15) is 18.1 Å². The van der Waals surface area contributed by atoms with Gasteiger partial charge in [-0.1, -0.05) is 72.8 Å². The molecule has 36 heavy (non-hydrogen) atoms. The third kappa shape index (κ3) is 6.04. The molecule has 6 heteroatoms. The molecule has 4 aromatic rings. The Balaban J connectivity index is 1.42. The van der Waals surface area contributed by atoms with Gasteiger partial charge in [-0.05, 0) is 58.7 Å². The maximum absolute atomic E-state index is 12.3. The molecule has 0 aliphatic heterocycles. The van der Waals surface area contributed by atoms with E-state index in [0.29, 0.717) is 22.4 Å². The highest BCUT2D eigenvalue weighted by Crippen LogP contribution is 2.25. The summed E-state index contributed by atoms with van der Waals surface area (Å²) in [6, 6.07) is 32.9. The zero-order chi connectivity index (χ0) is 25.3. The van der Waals surface area contributed by atoms with E-state index in [1.165, 1.54) is 6.08 Å². The molecule has 0 aromatic heterocycles. The minimum absolute atomic E-state index is 0.236. The van der Waals surface area contributed by atoms with Gasteiger partial charge in [-0.2, -0.15) is 5.26 Å². The molecule has 0 atom stereocenters. The first kappa shape index (κ1) is 24.0. The number of hydrogen-bond donors (Lipinski definition) is 2. The zero-order valence-electron chi connectivity index (χ0n) is 19.2. The van der Waals surface area contributed by atoms with Crippen molar-refractivity contribution < 1.29 is 19.4 Å². The van der Waals surface area contributed by atoms with Gasteiger partial charge < -0.3 is 15.2 Å². The molecular formula is C30H22N2O4. The predicted octanol–water partition coefficient (Wildman–Crippen LogP) is 5.66. The van der Waals surface area contributed by atoms with E-state index in [1.807, 2.05) is 48.5 Å². The molecule has 0 heterocycles. The van der Waals surface area contributed by atoms with Crippen LogP contribution in [0.2, 0.25) is 0 Å². The number of nitrogens with one attached hydrogen (secondary N) is 1. The van der Waals surface area contributed by atoms with Crippen LogP contribution in [0.25, 0.3) is 17.2 Å². The van der Waals surface area contributed by atoms with Crippen LogP contribution in [0.15, 0.2) is 109 Å². The van der Waals surface area contributed by atoms with E-state index in [0.717, 1.165) is 16.7 Å². The lowest BCUT2D eigenvalue weighted by molar-refractivity contribution is -0.132. The molecular weight excluding hydrogens is 452 g/mol. The van der Waals surface area contributed by atoms with E-state index in [2.05, 4.69) is 11.4 Å². The van der Waals surface area contributed by atoms with Crippen LogP contribution in [-0.2, 0) is 11.4 Å². The van der Waals surface area contributed by atoms with Gasteiger partial charge in [-0.3, -0.25) is 4.79 Å². The Bertz CT molecular complexity index is 1440. The second kappa shape index (κ2) is 11.3. The van der Waals surface area contributed by atoms with Crippen LogP contribution in [0.4, 0.5) is 0 Å². The summed E-state index contributed by atoms with van der Waals surface area (Å²) in [6.45, 7) is 0.270. The summed E-state index contributed by atoms with van der Waals surface area (Å²) in [7, 11) is 0. The number of ether oxygens (including phenoxy) is 1. The van der Waals surface area contributed by atoms with Crippen molar-refractivity contribution >= 4 is 18.0 Å². The van der Waals surface area contributed by atoms with Gasteiger partial charge in [0.2, 0.25) is 0 Å². The molecule has 0 fully saturated rings. The third-order valence-electron chi connectivity index (χ3n) is 5.40. The molecule has 2 N–H and O–H groups in total. The second-order valence-corrected chi connectivity index (χ2v) is 7.90. The number of carboxylic acids is 1. The van der Waals surface area contributed by atoms with Gasteiger partial charge in [0, 0.05) is 5.56 Å². The summed E-state index contributed by atoms with van der Waals surface area (Å²) in [5, 5.41) is 21.5. The summed E-state index contributed by atoms with van der Waals surface area (Å²) in [5.74, 6) is -1.16. The second-order valence-electron chi connectivity index (χ2n) is 7.90. The van der Waals surface area contributed by atoms with Gasteiger partial charge in [-0.15, -0.1) is 0 Å². The van der Waals surface area contributed by atoms with Crippen molar-refractivity contribution in [2.24, 2.45) is 0 Å². The monoisotopic (exact) mass is 474 g/mol. The molecule has 1 amide bonds. The molecule has 6 nitrogen and oxygen atoms in total. The number of benzene rings is 4. The summed E-state index contributed by atoms with van der Waals surface area (Å²) in [6.07, 6.45) is 1.38. The molecule has 0 radical (unpaired) electrons. The topological polar surface area (TPSA) is 99.4 Å². The van der Waals surface area contributed by atoms with Gasteiger partial charge in [0.15, 0.2) is 0 Å². The lowest BCUT2D eigenvalue weighted by atomic mass is 9.98. The summed E-state index contributed by atoms with van der Waals surface area (Å²) in [5.41, 5.74) is 3.99. The van der Waals surface area contributed by atoms with Crippen molar-refractivity contribution in [2.45, 2.75) is 6.61 Å². The van der Waals surface area contributed by atoms with Gasteiger partial charge in [0.25, 0.3) is 5.91 Å².